The lowest BCUT2D eigenvalue weighted by Crippen LogP contribution is -2.15. The SMILES string of the molecule is CSCc1nnc(SC(C)C(=O)c2[nH]c(C)c(C(C)=O)c2C)o1. The highest BCUT2D eigenvalue weighted by molar-refractivity contribution is 8.00. The summed E-state index contributed by atoms with van der Waals surface area (Å²) < 4.78 is 5.48. The Morgan fingerprint density at radius 1 is 1.30 bits per heavy atom. The maximum Gasteiger partial charge on any atom is 0.277 e. The molecule has 0 saturated carbocycles. The number of aryl methyl sites for hydroxylation is 1. The predicted octanol–water partition coefficient (Wildman–Crippen LogP) is 3.44. The van der Waals surface area contributed by atoms with Crippen LogP contribution in [0.4, 0.5) is 0 Å². The van der Waals surface area contributed by atoms with Gasteiger partial charge in [0.05, 0.1) is 16.7 Å². The van der Waals surface area contributed by atoms with Gasteiger partial charge in [-0.3, -0.25) is 9.59 Å². The number of aromatic amines is 1. The third-order valence-electron chi connectivity index (χ3n) is 3.40. The van der Waals surface area contributed by atoms with E-state index in [0.29, 0.717) is 33.7 Å². The van der Waals surface area contributed by atoms with Crippen LogP contribution in [0.15, 0.2) is 9.64 Å². The van der Waals surface area contributed by atoms with Crippen molar-refractivity contribution >= 4 is 35.1 Å². The maximum absolute atomic E-state index is 12.6. The molecule has 1 atom stereocenters. The molecule has 0 bridgehead atoms. The average molecular weight is 353 g/mol. The van der Waals surface area contributed by atoms with Crippen molar-refractivity contribution in [2.24, 2.45) is 0 Å². The number of carbonyl (C=O) groups excluding carboxylic acids is 2. The summed E-state index contributed by atoms with van der Waals surface area (Å²) in [5, 5.41) is 7.85. The van der Waals surface area contributed by atoms with Crippen LogP contribution in [0.1, 0.15) is 51.8 Å². The summed E-state index contributed by atoms with van der Waals surface area (Å²) in [5.74, 6) is 1.06. The molecule has 0 saturated heterocycles. The van der Waals surface area contributed by atoms with Gasteiger partial charge in [-0.05, 0) is 39.5 Å². The van der Waals surface area contributed by atoms with Gasteiger partial charge in [0.15, 0.2) is 11.6 Å². The number of ketones is 2. The molecule has 0 aliphatic carbocycles. The number of carbonyl (C=O) groups is 2. The molecule has 0 radical (unpaired) electrons. The average Bonchev–Trinajstić information content (AvgIpc) is 3.02. The van der Waals surface area contributed by atoms with E-state index in [1.54, 1.807) is 32.5 Å². The van der Waals surface area contributed by atoms with Gasteiger partial charge in [-0.1, -0.05) is 11.8 Å². The molecule has 2 aromatic heterocycles. The van der Waals surface area contributed by atoms with Gasteiger partial charge < -0.3 is 9.40 Å². The topological polar surface area (TPSA) is 88.9 Å². The van der Waals surface area contributed by atoms with Gasteiger partial charge in [-0.25, -0.2) is 0 Å². The zero-order valence-corrected chi connectivity index (χ0v) is 15.4. The fourth-order valence-electron chi connectivity index (χ4n) is 2.40. The van der Waals surface area contributed by atoms with Crippen LogP contribution < -0.4 is 0 Å². The number of rotatable bonds is 7. The Morgan fingerprint density at radius 3 is 2.57 bits per heavy atom. The summed E-state index contributed by atoms with van der Waals surface area (Å²) in [7, 11) is 0. The molecular weight excluding hydrogens is 334 g/mol. The lowest BCUT2D eigenvalue weighted by atomic mass is 10.0. The van der Waals surface area contributed by atoms with E-state index in [9.17, 15) is 9.59 Å². The van der Waals surface area contributed by atoms with E-state index in [1.807, 2.05) is 6.26 Å². The minimum atomic E-state index is -0.394. The number of nitrogens with one attached hydrogen (secondary N) is 1. The van der Waals surface area contributed by atoms with Crippen LogP contribution in [0.5, 0.6) is 0 Å². The Labute approximate surface area is 143 Å². The monoisotopic (exact) mass is 353 g/mol. The quantitative estimate of drug-likeness (QED) is 0.602. The summed E-state index contributed by atoms with van der Waals surface area (Å²) in [4.78, 5) is 27.3. The summed E-state index contributed by atoms with van der Waals surface area (Å²) >= 11 is 2.81. The van der Waals surface area contributed by atoms with Crippen molar-refractivity contribution in [1.82, 2.24) is 15.2 Å². The summed E-state index contributed by atoms with van der Waals surface area (Å²) in [6.45, 7) is 6.87. The first-order valence-electron chi connectivity index (χ1n) is 7.07. The van der Waals surface area contributed by atoms with Crippen LogP contribution in [-0.4, -0.2) is 38.3 Å². The van der Waals surface area contributed by atoms with Gasteiger partial charge in [-0.2, -0.15) is 11.8 Å². The maximum atomic E-state index is 12.6. The molecule has 0 fully saturated rings. The van der Waals surface area contributed by atoms with Crippen LogP contribution in [0.2, 0.25) is 0 Å². The van der Waals surface area contributed by atoms with Gasteiger partial charge in [0, 0.05) is 11.3 Å². The molecule has 2 heterocycles. The van der Waals surface area contributed by atoms with Crippen LogP contribution in [0.3, 0.4) is 0 Å². The number of Topliss-reactive ketones (excluding diaryl/α,β-unsaturated/α-hetero) is 2. The predicted molar refractivity (Wildman–Crippen MR) is 91.4 cm³/mol. The Balaban J connectivity index is 2.16. The van der Waals surface area contributed by atoms with Crippen LogP contribution in [-0.2, 0) is 5.75 Å². The van der Waals surface area contributed by atoms with Gasteiger partial charge >= 0.3 is 0 Å². The normalized spacial score (nSPS) is 12.4. The highest BCUT2D eigenvalue weighted by Crippen LogP contribution is 2.27. The molecular formula is C15H19N3O3S2. The standard InChI is InChI=1S/C15H19N3O3S2/c1-7-12(9(3)19)8(2)16-13(7)14(20)10(4)23-15-18-17-11(21-15)6-22-5/h10,16H,6H2,1-5H3. The molecule has 0 aromatic carbocycles. The summed E-state index contributed by atoms with van der Waals surface area (Å²) in [6.07, 6.45) is 1.95. The van der Waals surface area contributed by atoms with Crippen LogP contribution in [0, 0.1) is 13.8 Å². The van der Waals surface area contributed by atoms with E-state index in [1.165, 1.54) is 18.7 Å². The molecule has 0 amide bonds. The number of H-pyrrole nitrogens is 1. The molecule has 0 aliphatic rings. The van der Waals surface area contributed by atoms with Crippen molar-refractivity contribution in [1.29, 1.82) is 0 Å². The second-order valence-electron chi connectivity index (χ2n) is 5.20. The zero-order valence-electron chi connectivity index (χ0n) is 13.7. The molecule has 0 aliphatic heterocycles. The smallest absolute Gasteiger partial charge is 0.277 e. The van der Waals surface area contributed by atoms with E-state index < -0.39 is 5.25 Å². The van der Waals surface area contributed by atoms with Gasteiger partial charge in [0.25, 0.3) is 5.22 Å². The number of hydrogen-bond acceptors (Lipinski definition) is 7. The number of aromatic nitrogens is 3. The summed E-state index contributed by atoms with van der Waals surface area (Å²) in [5.41, 5.74) is 2.47. The number of hydrogen-bond donors (Lipinski definition) is 1. The first-order valence-corrected chi connectivity index (χ1v) is 9.34. The highest BCUT2D eigenvalue weighted by atomic mass is 32.2. The second kappa shape index (κ2) is 7.35. The third-order valence-corrected chi connectivity index (χ3v) is 4.87. The molecule has 6 nitrogen and oxygen atoms in total. The van der Waals surface area contributed by atoms with E-state index in [0.717, 1.165) is 5.69 Å². The van der Waals surface area contributed by atoms with Gasteiger partial charge in [0.1, 0.15) is 0 Å². The lowest BCUT2D eigenvalue weighted by Gasteiger charge is -2.07. The molecule has 2 rings (SSSR count). The molecule has 8 heteroatoms. The molecule has 124 valence electrons. The minimum Gasteiger partial charge on any atom is -0.415 e. The molecule has 1 unspecified atom stereocenters. The van der Waals surface area contributed by atoms with Crippen molar-refractivity contribution in [3.05, 3.63) is 28.4 Å². The largest absolute Gasteiger partial charge is 0.415 e. The van der Waals surface area contributed by atoms with E-state index in [4.69, 9.17) is 4.42 Å². The Morgan fingerprint density at radius 2 is 2.00 bits per heavy atom. The van der Waals surface area contributed by atoms with Gasteiger partial charge in [0.2, 0.25) is 5.89 Å². The van der Waals surface area contributed by atoms with Crippen molar-refractivity contribution in [3.8, 4) is 0 Å². The molecule has 2 aromatic rings. The molecule has 23 heavy (non-hydrogen) atoms. The van der Waals surface area contributed by atoms with Crippen molar-refractivity contribution in [2.75, 3.05) is 6.26 Å². The van der Waals surface area contributed by atoms with Crippen LogP contribution in [0.25, 0.3) is 0 Å². The van der Waals surface area contributed by atoms with Crippen LogP contribution >= 0.6 is 23.5 Å². The highest BCUT2D eigenvalue weighted by Gasteiger charge is 2.25. The minimum absolute atomic E-state index is 0.0470. The molecule has 1 N–H and O–H groups in total. The lowest BCUT2D eigenvalue weighted by molar-refractivity contribution is 0.0988. The zero-order chi connectivity index (χ0) is 17.1. The molecule has 0 spiro atoms. The Kier molecular flexibility index (Phi) is 5.69. The Bertz CT molecular complexity index is 736. The van der Waals surface area contributed by atoms with E-state index >= 15 is 0 Å². The van der Waals surface area contributed by atoms with Crippen molar-refractivity contribution in [2.45, 2.75) is 43.9 Å². The van der Waals surface area contributed by atoms with Gasteiger partial charge in [-0.15, -0.1) is 10.2 Å². The Hall–Kier alpha value is -1.54. The van der Waals surface area contributed by atoms with E-state index in [2.05, 4.69) is 15.2 Å². The van der Waals surface area contributed by atoms with Crippen molar-refractivity contribution < 1.29 is 14.0 Å². The van der Waals surface area contributed by atoms with Crippen molar-refractivity contribution in [3.63, 3.8) is 0 Å². The third kappa shape index (κ3) is 3.87. The first-order chi connectivity index (χ1) is 10.8. The van der Waals surface area contributed by atoms with E-state index in [-0.39, 0.29) is 11.6 Å². The second-order valence-corrected chi connectivity index (χ2v) is 7.36. The number of thioether (sulfide) groups is 2. The first kappa shape index (κ1) is 17.8. The summed E-state index contributed by atoms with van der Waals surface area (Å²) in [6, 6.07) is 0. The number of nitrogens with zero attached hydrogens (tertiary/aromatic N) is 2. The fraction of sp³-hybridized carbons (Fsp3) is 0.467. The fourth-order valence-corrected chi connectivity index (χ4v) is 3.52.